The molecule has 0 radical (unpaired) electrons. The first-order valence-electron chi connectivity index (χ1n) is 6.62. The highest BCUT2D eigenvalue weighted by atomic mass is 16.5. The van der Waals surface area contributed by atoms with Gasteiger partial charge in [0.2, 0.25) is 0 Å². The van der Waals surface area contributed by atoms with Crippen molar-refractivity contribution in [3.8, 4) is 0 Å². The predicted molar refractivity (Wildman–Crippen MR) is 67.3 cm³/mol. The first-order valence-corrected chi connectivity index (χ1v) is 6.62. The van der Waals surface area contributed by atoms with Crippen molar-refractivity contribution in [2.75, 3.05) is 6.61 Å². The van der Waals surface area contributed by atoms with Crippen LogP contribution in [0.4, 0.5) is 0 Å². The molecule has 1 saturated carbocycles. The Bertz CT molecular complexity index is 516. The zero-order chi connectivity index (χ0) is 13.1. The average molecular weight is 248 g/mol. The van der Waals surface area contributed by atoms with Gasteiger partial charge in [0.1, 0.15) is 6.61 Å². The molecule has 0 N–H and O–H groups in total. The van der Waals surface area contributed by atoms with Gasteiger partial charge in [-0.25, -0.2) is 0 Å². The highest BCUT2D eigenvalue weighted by molar-refractivity contribution is 5.65. The number of carbonyl (C=O) groups excluding carboxylic acids is 1. The second-order valence-corrected chi connectivity index (χ2v) is 6.12. The minimum Gasteiger partial charge on any atom is -0.464 e. The van der Waals surface area contributed by atoms with Gasteiger partial charge in [-0.2, -0.15) is 5.10 Å². The summed E-state index contributed by atoms with van der Waals surface area (Å²) in [6.07, 6.45) is 1.13. The molecule has 1 aromatic rings. The van der Waals surface area contributed by atoms with Gasteiger partial charge < -0.3 is 4.74 Å². The molecular formula is C14H20N2O2. The van der Waals surface area contributed by atoms with E-state index >= 15 is 0 Å². The Kier molecular flexibility index (Phi) is 2.34. The zero-order valence-corrected chi connectivity index (χ0v) is 11.5. The van der Waals surface area contributed by atoms with E-state index < -0.39 is 0 Å². The summed E-state index contributed by atoms with van der Waals surface area (Å²) in [5.74, 6) is 1.28. The van der Waals surface area contributed by atoms with Crippen LogP contribution in [0, 0.1) is 18.3 Å². The Balaban J connectivity index is 1.78. The van der Waals surface area contributed by atoms with Crippen molar-refractivity contribution in [3.63, 3.8) is 0 Å². The highest BCUT2D eigenvalue weighted by Crippen LogP contribution is 2.70. The molecule has 4 heteroatoms. The van der Waals surface area contributed by atoms with E-state index in [1.54, 1.807) is 0 Å². The third kappa shape index (κ3) is 1.51. The number of rotatable bonds is 3. The molecule has 0 amide bonds. The van der Waals surface area contributed by atoms with Gasteiger partial charge >= 0.3 is 5.97 Å². The smallest absolute Gasteiger partial charge is 0.302 e. The molecule has 0 bridgehead atoms. The summed E-state index contributed by atoms with van der Waals surface area (Å²) in [6, 6.07) is 0. The van der Waals surface area contributed by atoms with Gasteiger partial charge in [-0.15, -0.1) is 0 Å². The van der Waals surface area contributed by atoms with Gasteiger partial charge in [0.05, 0.1) is 12.2 Å². The Morgan fingerprint density at radius 3 is 2.94 bits per heavy atom. The van der Waals surface area contributed by atoms with Crippen LogP contribution in [-0.4, -0.2) is 22.4 Å². The maximum Gasteiger partial charge on any atom is 0.302 e. The van der Waals surface area contributed by atoms with Crippen molar-refractivity contribution in [2.24, 2.45) is 11.3 Å². The van der Waals surface area contributed by atoms with E-state index in [0.29, 0.717) is 24.5 Å². The van der Waals surface area contributed by atoms with E-state index in [4.69, 9.17) is 4.74 Å². The molecule has 4 nitrogen and oxygen atoms in total. The van der Waals surface area contributed by atoms with Crippen LogP contribution in [0.25, 0.3) is 0 Å². The number of hydrogen-bond donors (Lipinski definition) is 0. The molecular weight excluding hydrogens is 228 g/mol. The van der Waals surface area contributed by atoms with Crippen LogP contribution in [0.15, 0.2) is 0 Å². The fraction of sp³-hybridized carbons (Fsp3) is 0.714. The molecule has 1 aromatic heterocycles. The molecule has 0 saturated heterocycles. The first-order chi connectivity index (χ1) is 8.43. The monoisotopic (exact) mass is 248 g/mol. The lowest BCUT2D eigenvalue weighted by Crippen LogP contribution is -2.13. The Morgan fingerprint density at radius 2 is 2.28 bits per heavy atom. The van der Waals surface area contributed by atoms with E-state index in [1.165, 1.54) is 18.2 Å². The van der Waals surface area contributed by atoms with Crippen molar-refractivity contribution in [1.82, 2.24) is 9.78 Å². The molecule has 1 heterocycles. The van der Waals surface area contributed by atoms with Gasteiger partial charge in [-0.3, -0.25) is 9.48 Å². The fourth-order valence-electron chi connectivity index (χ4n) is 3.63. The van der Waals surface area contributed by atoms with Crippen molar-refractivity contribution in [1.29, 1.82) is 0 Å². The summed E-state index contributed by atoms with van der Waals surface area (Å²) < 4.78 is 7.03. The average Bonchev–Trinajstić information content (AvgIpc) is 2.66. The molecule has 0 spiro atoms. The standard InChI is InChI=1S/C14H20N2O2/c1-8-12-11(7-10-13(12)14(10,3)4)16(15-8)5-6-18-9(2)17/h10,13H,5-7H2,1-4H3/t10-,13+/m0/s1. The van der Waals surface area contributed by atoms with Gasteiger partial charge in [0.25, 0.3) is 0 Å². The second kappa shape index (κ2) is 3.59. The quantitative estimate of drug-likeness (QED) is 0.769. The van der Waals surface area contributed by atoms with Gasteiger partial charge in [-0.1, -0.05) is 13.8 Å². The maximum atomic E-state index is 10.8. The molecule has 98 valence electrons. The Hall–Kier alpha value is -1.32. The molecule has 2 atom stereocenters. The van der Waals surface area contributed by atoms with E-state index in [9.17, 15) is 4.79 Å². The minimum atomic E-state index is -0.223. The lowest BCUT2D eigenvalue weighted by Gasteiger charge is -2.10. The van der Waals surface area contributed by atoms with Crippen molar-refractivity contribution in [3.05, 3.63) is 17.0 Å². The molecule has 2 aliphatic rings. The normalized spacial score (nSPS) is 26.7. The van der Waals surface area contributed by atoms with E-state index in [0.717, 1.165) is 18.0 Å². The van der Waals surface area contributed by atoms with Crippen LogP contribution in [0.5, 0.6) is 0 Å². The van der Waals surface area contributed by atoms with Crippen LogP contribution < -0.4 is 0 Å². The lowest BCUT2D eigenvalue weighted by atomic mass is 9.98. The number of ether oxygens (including phenoxy) is 1. The number of fused-ring (bicyclic) bond motifs is 3. The lowest BCUT2D eigenvalue weighted by molar-refractivity contribution is -0.141. The van der Waals surface area contributed by atoms with Gasteiger partial charge in [0, 0.05) is 18.2 Å². The minimum absolute atomic E-state index is 0.223. The zero-order valence-electron chi connectivity index (χ0n) is 11.5. The van der Waals surface area contributed by atoms with E-state index in [-0.39, 0.29) is 5.97 Å². The highest BCUT2D eigenvalue weighted by Gasteiger charge is 2.63. The summed E-state index contributed by atoms with van der Waals surface area (Å²) in [5.41, 5.74) is 4.45. The van der Waals surface area contributed by atoms with Crippen molar-refractivity contribution < 1.29 is 9.53 Å². The van der Waals surface area contributed by atoms with Crippen molar-refractivity contribution >= 4 is 5.97 Å². The molecule has 0 aliphatic heterocycles. The number of aryl methyl sites for hydroxylation is 1. The van der Waals surface area contributed by atoms with Crippen LogP contribution in [0.3, 0.4) is 0 Å². The van der Waals surface area contributed by atoms with Crippen LogP contribution >= 0.6 is 0 Å². The molecule has 18 heavy (non-hydrogen) atoms. The number of esters is 1. The van der Waals surface area contributed by atoms with Gasteiger partial charge in [-0.05, 0) is 30.6 Å². The SMILES string of the molecule is CC(=O)OCCn1nc(C)c2c1C[C@H]1[C@H]2C1(C)C. The summed E-state index contributed by atoms with van der Waals surface area (Å²) in [6.45, 7) is 9.33. The first kappa shape index (κ1) is 11.8. The molecule has 1 fully saturated rings. The summed E-state index contributed by atoms with van der Waals surface area (Å²) in [7, 11) is 0. The number of carbonyl (C=O) groups is 1. The van der Waals surface area contributed by atoms with Crippen molar-refractivity contribution in [2.45, 2.75) is 46.6 Å². The predicted octanol–water partition coefficient (Wildman–Crippen LogP) is 2.05. The Labute approximate surface area is 107 Å². The summed E-state index contributed by atoms with van der Waals surface area (Å²) >= 11 is 0. The third-order valence-electron chi connectivity index (χ3n) is 4.67. The third-order valence-corrected chi connectivity index (χ3v) is 4.67. The topological polar surface area (TPSA) is 44.1 Å². The summed E-state index contributed by atoms with van der Waals surface area (Å²) in [4.78, 5) is 10.8. The van der Waals surface area contributed by atoms with Gasteiger partial charge in [0.15, 0.2) is 0 Å². The summed E-state index contributed by atoms with van der Waals surface area (Å²) in [5, 5.41) is 4.60. The van der Waals surface area contributed by atoms with E-state index in [2.05, 4.69) is 25.9 Å². The molecule has 0 unspecified atom stereocenters. The number of aromatic nitrogens is 2. The van der Waals surface area contributed by atoms with Crippen LogP contribution in [0.2, 0.25) is 0 Å². The van der Waals surface area contributed by atoms with E-state index in [1.807, 2.05) is 4.68 Å². The number of hydrogen-bond acceptors (Lipinski definition) is 3. The molecule has 0 aromatic carbocycles. The second-order valence-electron chi connectivity index (χ2n) is 6.12. The largest absolute Gasteiger partial charge is 0.464 e. The fourth-order valence-corrected chi connectivity index (χ4v) is 3.63. The van der Waals surface area contributed by atoms with Crippen LogP contribution in [-0.2, 0) is 22.5 Å². The Morgan fingerprint density at radius 1 is 1.56 bits per heavy atom. The molecule has 3 rings (SSSR count). The van der Waals surface area contributed by atoms with Crippen LogP contribution in [0.1, 0.15) is 43.6 Å². The maximum absolute atomic E-state index is 10.8. The number of nitrogens with zero attached hydrogens (tertiary/aromatic N) is 2. The molecule has 2 aliphatic carbocycles.